The molecule has 4 rings (SSSR count). The van der Waals surface area contributed by atoms with Gasteiger partial charge < -0.3 is 29.3 Å². The molecular weight excluding hydrogens is 543 g/mol. The molecule has 0 bridgehead atoms. The first-order valence-electron chi connectivity index (χ1n) is 14.3. The maximum atomic E-state index is 15.1. The van der Waals surface area contributed by atoms with Gasteiger partial charge >= 0.3 is 5.97 Å². The van der Waals surface area contributed by atoms with Gasteiger partial charge in [0.25, 0.3) is 0 Å². The molecule has 0 radical (unpaired) electrons. The van der Waals surface area contributed by atoms with Crippen LogP contribution in [0.2, 0.25) is 0 Å². The fraction of sp³-hybridized carbons (Fsp3) is 0.452. The van der Waals surface area contributed by atoms with E-state index in [4.69, 9.17) is 4.74 Å². The summed E-state index contributed by atoms with van der Waals surface area (Å²) < 4.78 is 22.7. The van der Waals surface area contributed by atoms with E-state index in [0.29, 0.717) is 37.4 Å². The number of rotatable bonds is 12. The number of aromatic carboxylic acids is 1. The number of unbranched alkanes of at least 4 members (excludes halogenated alkanes) is 1. The predicted octanol–water partition coefficient (Wildman–Crippen LogP) is 3.35. The molecule has 1 saturated heterocycles. The number of carbonyl (C=O) groups excluding carboxylic acids is 1. The lowest BCUT2D eigenvalue weighted by atomic mass is 10.1. The molecule has 226 valence electrons. The highest BCUT2D eigenvalue weighted by molar-refractivity contribution is 5.93. The van der Waals surface area contributed by atoms with Crippen molar-refractivity contribution < 1.29 is 28.9 Å². The minimum atomic E-state index is -1.32. The van der Waals surface area contributed by atoms with Crippen LogP contribution >= 0.6 is 0 Å². The number of aliphatic hydroxyl groups excluding tert-OH is 1. The molecule has 1 atom stereocenters. The van der Waals surface area contributed by atoms with Crippen molar-refractivity contribution >= 4 is 28.5 Å². The number of benzene rings is 2. The second-order valence-corrected chi connectivity index (χ2v) is 10.7. The number of carboxylic acid groups (broad SMARTS) is 1. The Morgan fingerprint density at radius 2 is 1.79 bits per heavy atom. The van der Waals surface area contributed by atoms with Crippen LogP contribution in [0.15, 0.2) is 47.4 Å². The quantitative estimate of drug-likeness (QED) is 0.313. The molecule has 0 unspecified atom stereocenters. The highest BCUT2D eigenvalue weighted by Gasteiger charge is 2.22. The molecule has 11 heteroatoms. The Morgan fingerprint density at radius 1 is 1.10 bits per heavy atom. The van der Waals surface area contributed by atoms with E-state index in [-0.39, 0.29) is 23.4 Å². The number of aromatic nitrogens is 1. The zero-order valence-corrected chi connectivity index (χ0v) is 24.4. The first-order valence-corrected chi connectivity index (χ1v) is 14.3. The van der Waals surface area contributed by atoms with Crippen LogP contribution in [0.5, 0.6) is 5.75 Å². The van der Waals surface area contributed by atoms with Crippen molar-refractivity contribution in [2.24, 2.45) is 0 Å². The van der Waals surface area contributed by atoms with E-state index in [1.54, 1.807) is 29.8 Å². The molecule has 42 heavy (non-hydrogen) atoms. The first-order chi connectivity index (χ1) is 20.1. The van der Waals surface area contributed by atoms with Crippen molar-refractivity contribution in [3.8, 4) is 5.75 Å². The number of anilines is 1. The Morgan fingerprint density at radius 3 is 2.40 bits per heavy atom. The van der Waals surface area contributed by atoms with Gasteiger partial charge in [-0.3, -0.25) is 14.5 Å². The third kappa shape index (κ3) is 7.27. The van der Waals surface area contributed by atoms with Gasteiger partial charge in [-0.1, -0.05) is 12.1 Å². The molecule has 10 nitrogen and oxygen atoms in total. The Hall–Kier alpha value is -3.96. The van der Waals surface area contributed by atoms with Gasteiger partial charge in [0.15, 0.2) is 0 Å². The van der Waals surface area contributed by atoms with Crippen molar-refractivity contribution in [1.82, 2.24) is 14.4 Å². The topological polar surface area (TPSA) is 116 Å². The number of piperazine rings is 1. The molecule has 1 fully saturated rings. The van der Waals surface area contributed by atoms with Crippen LogP contribution in [0.1, 0.15) is 48.7 Å². The van der Waals surface area contributed by atoms with E-state index in [0.717, 1.165) is 43.8 Å². The molecule has 3 aromatic rings. The van der Waals surface area contributed by atoms with Crippen LogP contribution in [0.25, 0.3) is 10.9 Å². The van der Waals surface area contributed by atoms with Crippen molar-refractivity contribution in [3.63, 3.8) is 0 Å². The number of hydrogen-bond acceptors (Lipinski definition) is 7. The molecule has 1 aliphatic heterocycles. The van der Waals surface area contributed by atoms with Gasteiger partial charge in [-0.15, -0.1) is 0 Å². The average molecular weight is 583 g/mol. The lowest BCUT2D eigenvalue weighted by Crippen LogP contribution is -2.47. The Kier molecular flexibility index (Phi) is 10.2. The molecule has 2 heterocycles. The van der Waals surface area contributed by atoms with Crippen molar-refractivity contribution in [1.29, 1.82) is 0 Å². The SMILES string of the molecule is CCn1cc(C(=O)O)c(=O)c2cc(F)c(N3CCN(CCCCOc4ccc([C@@H](O)CN(C)C(C)=O)cc4)CC3)cc21. The number of nitrogens with zero attached hydrogens (tertiary/aromatic N) is 4. The summed E-state index contributed by atoms with van der Waals surface area (Å²) in [5.74, 6) is -1.22. The van der Waals surface area contributed by atoms with Crippen molar-refractivity contribution in [2.45, 2.75) is 39.3 Å². The maximum Gasteiger partial charge on any atom is 0.341 e. The summed E-state index contributed by atoms with van der Waals surface area (Å²) in [6.45, 7) is 8.31. The zero-order valence-electron chi connectivity index (χ0n) is 24.4. The van der Waals surface area contributed by atoms with E-state index in [1.807, 2.05) is 24.0 Å². The molecule has 2 N–H and O–H groups in total. The predicted molar refractivity (Wildman–Crippen MR) is 159 cm³/mol. The molecule has 0 spiro atoms. The van der Waals surface area contributed by atoms with E-state index >= 15 is 4.39 Å². The van der Waals surface area contributed by atoms with Gasteiger partial charge in [-0.2, -0.15) is 0 Å². The minimum absolute atomic E-state index is 0.0740. The molecule has 0 saturated carbocycles. The maximum absolute atomic E-state index is 15.1. The lowest BCUT2D eigenvalue weighted by molar-refractivity contribution is -0.128. The van der Waals surface area contributed by atoms with E-state index in [1.165, 1.54) is 24.1 Å². The van der Waals surface area contributed by atoms with E-state index < -0.39 is 23.3 Å². The highest BCUT2D eigenvalue weighted by Crippen LogP contribution is 2.26. The summed E-state index contributed by atoms with van der Waals surface area (Å²) in [5.41, 5.74) is 0.637. The molecular formula is C31H39FN4O6. The molecule has 0 aliphatic carbocycles. The van der Waals surface area contributed by atoms with Crippen molar-refractivity contribution in [3.05, 3.63) is 69.8 Å². The summed E-state index contributed by atoms with van der Waals surface area (Å²) in [5, 5.41) is 19.7. The third-order valence-corrected chi connectivity index (χ3v) is 7.82. The fourth-order valence-corrected chi connectivity index (χ4v) is 5.18. The molecule has 1 amide bonds. The van der Waals surface area contributed by atoms with Gasteiger partial charge in [0.1, 0.15) is 17.1 Å². The van der Waals surface area contributed by atoms with Crippen LogP contribution in [0.3, 0.4) is 0 Å². The van der Waals surface area contributed by atoms with Crippen LogP contribution < -0.4 is 15.1 Å². The number of hydrogen-bond donors (Lipinski definition) is 2. The van der Waals surface area contributed by atoms with Crippen LogP contribution in [0.4, 0.5) is 10.1 Å². The highest BCUT2D eigenvalue weighted by atomic mass is 19.1. The summed E-state index contributed by atoms with van der Waals surface area (Å²) in [6.07, 6.45) is 2.40. The average Bonchev–Trinajstić information content (AvgIpc) is 2.97. The number of ether oxygens (including phenoxy) is 1. The number of halogens is 1. The molecule has 1 aromatic heterocycles. The fourth-order valence-electron chi connectivity index (χ4n) is 5.18. The van der Waals surface area contributed by atoms with Gasteiger partial charge in [-0.25, -0.2) is 9.18 Å². The summed E-state index contributed by atoms with van der Waals surface area (Å²) in [6, 6.07) is 10.1. The number of fused-ring (bicyclic) bond motifs is 1. The second kappa shape index (κ2) is 13.8. The number of aliphatic hydroxyl groups is 1. The largest absolute Gasteiger partial charge is 0.494 e. The van der Waals surface area contributed by atoms with Gasteiger partial charge in [0.05, 0.1) is 30.5 Å². The number of carbonyl (C=O) groups is 2. The first kappa shape index (κ1) is 31.0. The van der Waals surface area contributed by atoms with Crippen LogP contribution in [-0.4, -0.2) is 89.4 Å². The standard InChI is InChI=1S/C31H39FN4O6/c1-4-35-19-25(31(40)41)30(39)24-17-26(32)28(18-27(24)35)36-14-12-34(13-15-36)11-5-6-16-42-23-9-7-22(8-10-23)29(38)20-33(3)21(2)37/h7-10,17-19,29,38H,4-6,11-16,20H2,1-3H3,(H,40,41)/t29-/m0/s1. The minimum Gasteiger partial charge on any atom is -0.494 e. The molecule has 1 aliphatic rings. The zero-order chi connectivity index (χ0) is 30.4. The number of likely N-dealkylation sites (N-methyl/N-ethyl adjacent to an activating group) is 1. The number of carboxylic acids is 1. The Labute approximate surface area is 244 Å². The Bertz CT molecular complexity index is 1470. The van der Waals surface area contributed by atoms with Gasteiger partial charge in [0.2, 0.25) is 11.3 Å². The summed E-state index contributed by atoms with van der Waals surface area (Å²) in [7, 11) is 1.65. The van der Waals surface area contributed by atoms with Crippen molar-refractivity contribution in [2.75, 3.05) is 57.8 Å². The summed E-state index contributed by atoms with van der Waals surface area (Å²) in [4.78, 5) is 41.3. The van der Waals surface area contributed by atoms with Gasteiger partial charge in [-0.05, 0) is 56.1 Å². The monoisotopic (exact) mass is 582 g/mol. The van der Waals surface area contributed by atoms with Crippen LogP contribution in [0, 0.1) is 5.82 Å². The smallest absolute Gasteiger partial charge is 0.341 e. The van der Waals surface area contributed by atoms with E-state index in [9.17, 15) is 24.6 Å². The van der Waals surface area contributed by atoms with E-state index in [2.05, 4.69) is 4.90 Å². The van der Waals surface area contributed by atoms with Crippen LogP contribution in [-0.2, 0) is 11.3 Å². The number of aryl methyl sites for hydroxylation is 1. The third-order valence-electron chi connectivity index (χ3n) is 7.82. The normalized spacial score (nSPS) is 14.6. The number of pyridine rings is 1. The number of amides is 1. The second-order valence-electron chi connectivity index (χ2n) is 10.7. The van der Waals surface area contributed by atoms with Gasteiger partial charge in [0, 0.05) is 58.3 Å². The molecule has 2 aromatic carbocycles. The summed E-state index contributed by atoms with van der Waals surface area (Å²) >= 11 is 0. The Balaban J connectivity index is 1.24. The lowest BCUT2D eigenvalue weighted by Gasteiger charge is -2.36.